The average molecular weight is 444 g/mol. The van der Waals surface area contributed by atoms with Crippen LogP contribution in [-0.4, -0.2) is 29.1 Å². The summed E-state index contributed by atoms with van der Waals surface area (Å²) in [6, 6.07) is 13.2. The number of rotatable bonds is 7. The van der Waals surface area contributed by atoms with E-state index in [-0.39, 0.29) is 0 Å². The highest BCUT2D eigenvalue weighted by molar-refractivity contribution is 7.80. The molecule has 0 aliphatic carbocycles. The van der Waals surface area contributed by atoms with E-state index in [9.17, 15) is 0 Å². The zero-order valence-corrected chi connectivity index (χ0v) is 20.2. The van der Waals surface area contributed by atoms with Gasteiger partial charge in [-0.3, -0.25) is 0 Å². The zero-order chi connectivity index (χ0) is 21.7. The Labute approximate surface area is 192 Å². The lowest BCUT2D eigenvalue weighted by atomic mass is 9.98. The molecule has 0 saturated carbocycles. The number of nitrogens with zero attached hydrogens (tertiary/aromatic N) is 2. The number of benzene rings is 2. The normalized spacial score (nSPS) is 14.2. The highest BCUT2D eigenvalue weighted by Crippen LogP contribution is 2.29. The van der Waals surface area contributed by atoms with Gasteiger partial charge in [-0.25, -0.2) is 0 Å². The fraction of sp³-hybridized carbons (Fsp3) is 0.480. The average Bonchev–Trinajstić information content (AvgIpc) is 2.75. The van der Waals surface area contributed by atoms with E-state index in [1.54, 1.807) is 0 Å². The first-order chi connectivity index (χ1) is 14.4. The minimum absolute atomic E-state index is 0.345. The van der Waals surface area contributed by atoms with E-state index in [2.05, 4.69) is 54.1 Å². The molecule has 5 heteroatoms. The van der Waals surface area contributed by atoms with Crippen molar-refractivity contribution in [3.63, 3.8) is 0 Å². The minimum atomic E-state index is 0.345. The largest absolute Gasteiger partial charge is 0.371 e. The molecular weight excluding hydrogens is 410 g/mol. The third-order valence-corrected chi connectivity index (χ3v) is 6.84. The summed E-state index contributed by atoms with van der Waals surface area (Å²) in [7, 11) is 0. The van der Waals surface area contributed by atoms with Gasteiger partial charge in [0.25, 0.3) is 0 Å². The van der Waals surface area contributed by atoms with Gasteiger partial charge in [0.05, 0.1) is 0 Å². The molecule has 162 valence electrons. The van der Waals surface area contributed by atoms with Crippen LogP contribution in [0.2, 0.25) is 5.02 Å². The fourth-order valence-corrected chi connectivity index (χ4v) is 4.63. The number of aryl methyl sites for hydroxylation is 1. The molecule has 0 saturated heterocycles. The van der Waals surface area contributed by atoms with Crippen molar-refractivity contribution in [2.75, 3.05) is 23.3 Å². The number of hydrogen-bond acceptors (Lipinski definition) is 2. The van der Waals surface area contributed by atoms with Gasteiger partial charge in [0.2, 0.25) is 0 Å². The first-order valence-electron chi connectivity index (χ1n) is 11.1. The van der Waals surface area contributed by atoms with Crippen molar-refractivity contribution < 1.29 is 0 Å². The highest BCUT2D eigenvalue weighted by atomic mass is 35.5. The van der Waals surface area contributed by atoms with Gasteiger partial charge in [-0.15, -0.1) is 0 Å². The molecule has 1 atom stereocenters. The second kappa shape index (κ2) is 10.5. The standard InChI is InChI=1S/C25H34ClN3S/c1-5-14-28-15-8-9-21-16-20(12-13-24(21)28)17-29(18(3)6-2)25(30)27-23-11-7-10-22(26)19(23)4/h7,10-13,16,18H,5-6,8-9,14-15,17H2,1-4H3,(H,27,30)/t18-/m1/s1. The van der Waals surface area contributed by atoms with Crippen LogP contribution in [-0.2, 0) is 13.0 Å². The summed E-state index contributed by atoms with van der Waals surface area (Å²) in [6.45, 7) is 11.8. The Bertz CT molecular complexity index is 883. The number of halogens is 1. The van der Waals surface area contributed by atoms with Gasteiger partial charge in [-0.2, -0.15) is 0 Å². The van der Waals surface area contributed by atoms with Crippen LogP contribution in [0.4, 0.5) is 11.4 Å². The fourth-order valence-electron chi connectivity index (χ4n) is 4.10. The Morgan fingerprint density at radius 1 is 1.27 bits per heavy atom. The van der Waals surface area contributed by atoms with Gasteiger partial charge in [0, 0.05) is 42.1 Å². The van der Waals surface area contributed by atoms with Crippen molar-refractivity contribution in [1.29, 1.82) is 0 Å². The summed E-state index contributed by atoms with van der Waals surface area (Å²) in [4.78, 5) is 4.83. The lowest BCUT2D eigenvalue weighted by Crippen LogP contribution is -2.40. The molecule has 1 N–H and O–H groups in total. The Morgan fingerprint density at radius 3 is 2.80 bits per heavy atom. The second-order valence-corrected chi connectivity index (χ2v) is 9.08. The lowest BCUT2D eigenvalue weighted by Gasteiger charge is -2.34. The molecular formula is C25H34ClN3S. The predicted molar refractivity (Wildman–Crippen MR) is 135 cm³/mol. The molecule has 0 amide bonds. The highest BCUT2D eigenvalue weighted by Gasteiger charge is 2.20. The molecule has 1 aliphatic heterocycles. The smallest absolute Gasteiger partial charge is 0.173 e. The van der Waals surface area contributed by atoms with Crippen LogP contribution >= 0.6 is 23.8 Å². The van der Waals surface area contributed by atoms with Crippen LogP contribution in [0.3, 0.4) is 0 Å². The Balaban J connectivity index is 1.80. The summed E-state index contributed by atoms with van der Waals surface area (Å²) >= 11 is 12.1. The van der Waals surface area contributed by atoms with Crippen molar-refractivity contribution in [3.8, 4) is 0 Å². The van der Waals surface area contributed by atoms with E-state index in [0.29, 0.717) is 6.04 Å². The molecule has 2 aromatic carbocycles. The summed E-state index contributed by atoms with van der Waals surface area (Å²) < 4.78 is 0. The van der Waals surface area contributed by atoms with E-state index in [0.717, 1.165) is 47.3 Å². The molecule has 0 radical (unpaired) electrons. The maximum atomic E-state index is 6.30. The molecule has 0 fully saturated rings. The van der Waals surface area contributed by atoms with Gasteiger partial charge >= 0.3 is 0 Å². The van der Waals surface area contributed by atoms with Crippen LogP contribution in [0.5, 0.6) is 0 Å². The van der Waals surface area contributed by atoms with Gasteiger partial charge in [0.15, 0.2) is 5.11 Å². The molecule has 0 spiro atoms. The quantitative estimate of drug-likeness (QED) is 0.473. The van der Waals surface area contributed by atoms with Crippen molar-refractivity contribution in [3.05, 3.63) is 58.1 Å². The molecule has 1 aliphatic rings. The van der Waals surface area contributed by atoms with Crippen LogP contribution in [0.1, 0.15) is 56.7 Å². The Morgan fingerprint density at radius 2 is 2.07 bits per heavy atom. The summed E-state index contributed by atoms with van der Waals surface area (Å²) in [6.07, 6.45) is 4.62. The molecule has 1 heterocycles. The monoisotopic (exact) mass is 443 g/mol. The van der Waals surface area contributed by atoms with Crippen LogP contribution < -0.4 is 10.2 Å². The third-order valence-electron chi connectivity index (χ3n) is 6.10. The molecule has 3 nitrogen and oxygen atoms in total. The first-order valence-corrected chi connectivity index (χ1v) is 11.9. The van der Waals surface area contributed by atoms with Gasteiger partial charge in [-0.1, -0.05) is 43.6 Å². The maximum absolute atomic E-state index is 6.30. The molecule has 3 rings (SSSR count). The SMILES string of the molecule is CCCN1CCCc2cc(CN(C(=S)Nc3cccc(Cl)c3C)[C@H](C)CC)ccc21. The van der Waals surface area contributed by atoms with Crippen LogP contribution in [0, 0.1) is 6.92 Å². The van der Waals surface area contributed by atoms with E-state index in [1.807, 2.05) is 25.1 Å². The number of anilines is 2. The summed E-state index contributed by atoms with van der Waals surface area (Å²) in [5.74, 6) is 0. The maximum Gasteiger partial charge on any atom is 0.173 e. The number of hydrogen-bond donors (Lipinski definition) is 1. The van der Waals surface area contributed by atoms with Crippen molar-refractivity contribution in [1.82, 2.24) is 4.90 Å². The van der Waals surface area contributed by atoms with E-state index in [4.69, 9.17) is 23.8 Å². The molecule has 30 heavy (non-hydrogen) atoms. The second-order valence-electron chi connectivity index (χ2n) is 8.28. The predicted octanol–water partition coefficient (Wildman–Crippen LogP) is 6.81. The third kappa shape index (κ3) is 5.28. The van der Waals surface area contributed by atoms with E-state index >= 15 is 0 Å². The van der Waals surface area contributed by atoms with Crippen LogP contribution in [0.25, 0.3) is 0 Å². The minimum Gasteiger partial charge on any atom is -0.371 e. The summed E-state index contributed by atoms with van der Waals surface area (Å²) in [5.41, 5.74) is 6.20. The van der Waals surface area contributed by atoms with Crippen molar-refractivity contribution >= 4 is 40.3 Å². The molecule has 0 bridgehead atoms. The Kier molecular flexibility index (Phi) is 8.01. The van der Waals surface area contributed by atoms with Gasteiger partial charge in [-0.05, 0) is 86.6 Å². The lowest BCUT2D eigenvalue weighted by molar-refractivity contribution is 0.319. The summed E-state index contributed by atoms with van der Waals surface area (Å²) in [5, 5.41) is 4.94. The van der Waals surface area contributed by atoms with Crippen molar-refractivity contribution in [2.45, 2.75) is 66.0 Å². The van der Waals surface area contributed by atoms with E-state index < -0.39 is 0 Å². The number of thiocarbonyl (C=S) groups is 1. The molecule has 2 aromatic rings. The first kappa shape index (κ1) is 22.9. The molecule has 0 aromatic heterocycles. The van der Waals surface area contributed by atoms with Crippen molar-refractivity contribution in [2.24, 2.45) is 0 Å². The number of fused-ring (bicyclic) bond motifs is 1. The van der Waals surface area contributed by atoms with Gasteiger partial charge < -0.3 is 15.1 Å². The van der Waals surface area contributed by atoms with Crippen LogP contribution in [0.15, 0.2) is 36.4 Å². The zero-order valence-electron chi connectivity index (χ0n) is 18.7. The Hall–Kier alpha value is -1.78. The number of nitrogens with one attached hydrogen (secondary N) is 1. The van der Waals surface area contributed by atoms with Gasteiger partial charge in [0.1, 0.15) is 0 Å². The topological polar surface area (TPSA) is 18.5 Å². The van der Waals surface area contributed by atoms with E-state index in [1.165, 1.54) is 36.2 Å². The molecule has 0 unspecified atom stereocenters.